The highest BCUT2D eigenvalue weighted by atomic mass is 19.1. The first-order valence-electron chi connectivity index (χ1n) is 14.6. The van der Waals surface area contributed by atoms with Gasteiger partial charge in [0.25, 0.3) is 0 Å². The Morgan fingerprint density at radius 2 is 1.79 bits per heavy atom. The fourth-order valence-corrected chi connectivity index (χ4v) is 6.90. The lowest BCUT2D eigenvalue weighted by molar-refractivity contribution is -0.150. The molecule has 0 bridgehead atoms. The molecular weight excluding hydrogens is 491 g/mol. The molecule has 2 unspecified atom stereocenters. The minimum atomic E-state index is -0.678. The van der Waals surface area contributed by atoms with E-state index in [1.807, 2.05) is 33.1 Å². The summed E-state index contributed by atoms with van der Waals surface area (Å²) in [5.74, 6) is 0.842. The van der Waals surface area contributed by atoms with Crippen molar-refractivity contribution in [2.45, 2.75) is 90.6 Å². The summed E-state index contributed by atoms with van der Waals surface area (Å²) < 4.78 is 25.9. The van der Waals surface area contributed by atoms with Crippen molar-refractivity contribution in [3.05, 3.63) is 65.5 Å². The third kappa shape index (κ3) is 6.57. The van der Waals surface area contributed by atoms with Crippen LogP contribution in [0, 0.1) is 23.1 Å². The summed E-state index contributed by atoms with van der Waals surface area (Å²) in [4.78, 5) is 11.7. The highest BCUT2D eigenvalue weighted by Gasteiger charge is 2.42. The zero-order valence-electron chi connectivity index (χ0n) is 24.2. The van der Waals surface area contributed by atoms with Crippen LogP contribution in [0.4, 0.5) is 4.39 Å². The maximum absolute atomic E-state index is 13.6. The molecule has 2 aromatic rings. The molecule has 2 aliphatic carbocycles. The Bertz CT molecular complexity index is 1160. The van der Waals surface area contributed by atoms with Gasteiger partial charge < -0.3 is 14.6 Å². The van der Waals surface area contributed by atoms with Crippen molar-refractivity contribution in [3.8, 4) is 16.9 Å². The zero-order valence-corrected chi connectivity index (χ0v) is 24.2. The first-order chi connectivity index (χ1) is 18.6. The fraction of sp³-hybridized carbons (Fsp3) is 0.559. The van der Waals surface area contributed by atoms with Crippen molar-refractivity contribution >= 4 is 5.97 Å². The van der Waals surface area contributed by atoms with E-state index in [4.69, 9.17) is 9.47 Å². The van der Waals surface area contributed by atoms with Crippen molar-refractivity contribution in [1.82, 2.24) is 0 Å². The normalized spacial score (nSPS) is 26.9. The summed E-state index contributed by atoms with van der Waals surface area (Å²) in [6.07, 6.45) is 9.01. The summed E-state index contributed by atoms with van der Waals surface area (Å²) in [6, 6.07) is 11.2. The Hall–Kier alpha value is -2.66. The molecule has 2 saturated carbocycles. The van der Waals surface area contributed by atoms with E-state index in [1.165, 1.54) is 28.8 Å². The highest BCUT2D eigenvalue weighted by molar-refractivity contribution is 5.75. The molecule has 0 radical (unpaired) electrons. The summed E-state index contributed by atoms with van der Waals surface area (Å²) in [6.45, 7) is 11.1. The topological polar surface area (TPSA) is 55.8 Å². The third-order valence-electron chi connectivity index (χ3n) is 9.42. The summed E-state index contributed by atoms with van der Waals surface area (Å²) in [5, 5.41) is 9.58. The second kappa shape index (κ2) is 12.2. The monoisotopic (exact) mass is 536 g/mol. The summed E-state index contributed by atoms with van der Waals surface area (Å²) >= 11 is 0. The number of aliphatic carboxylic acids is 1. The van der Waals surface area contributed by atoms with Crippen LogP contribution in [0.1, 0.15) is 83.3 Å². The number of benzene rings is 2. The SMILES string of the molecule is C=C(CC1(OC)CCC(Cc2cc(CC)c(-c3ccc(F)cc3)c(OCC)c2)C1)C1CCC(C)(C(=O)O)CC1. The van der Waals surface area contributed by atoms with E-state index in [0.717, 1.165) is 68.2 Å². The van der Waals surface area contributed by atoms with Crippen molar-refractivity contribution < 1.29 is 23.8 Å². The molecule has 1 N–H and O–H groups in total. The van der Waals surface area contributed by atoms with Crippen LogP contribution in [0.3, 0.4) is 0 Å². The number of carbonyl (C=O) groups is 1. The standard InChI is InChI=1S/C34H45FO4/c1-6-26-19-25(20-30(39-7-2)31(26)28-8-10-29(35)11-9-28)18-24-12-17-34(22-24,38-5)21-23(3)27-13-15-33(4,16-14-27)32(36)37/h8-11,19-20,24,27H,3,6-7,12-18,21-22H2,1-2,4-5H3,(H,36,37). The lowest BCUT2D eigenvalue weighted by Crippen LogP contribution is -2.34. The smallest absolute Gasteiger partial charge is 0.309 e. The molecule has 2 aromatic carbocycles. The number of rotatable bonds is 11. The summed E-state index contributed by atoms with van der Waals surface area (Å²) in [5.41, 5.74) is 4.96. The summed E-state index contributed by atoms with van der Waals surface area (Å²) in [7, 11) is 1.83. The number of hydrogen-bond acceptors (Lipinski definition) is 3. The van der Waals surface area contributed by atoms with Crippen molar-refractivity contribution in [1.29, 1.82) is 0 Å². The van der Waals surface area contributed by atoms with Gasteiger partial charge in [-0.3, -0.25) is 4.79 Å². The lowest BCUT2D eigenvalue weighted by atomic mass is 9.69. The average molecular weight is 537 g/mol. The average Bonchev–Trinajstić information content (AvgIpc) is 3.32. The van der Waals surface area contributed by atoms with Gasteiger partial charge in [0.2, 0.25) is 0 Å². The molecular formula is C34H45FO4. The number of carboxylic acid groups (broad SMARTS) is 1. The predicted octanol–water partition coefficient (Wildman–Crippen LogP) is 8.41. The molecule has 0 spiro atoms. The van der Waals surface area contributed by atoms with Gasteiger partial charge in [-0.15, -0.1) is 0 Å². The van der Waals surface area contributed by atoms with Gasteiger partial charge in [-0.05, 0) is 125 Å². The molecule has 0 aliphatic heterocycles. The third-order valence-corrected chi connectivity index (χ3v) is 9.42. The second-order valence-corrected chi connectivity index (χ2v) is 12.1. The van der Waals surface area contributed by atoms with E-state index in [0.29, 0.717) is 31.3 Å². The number of aryl methyl sites for hydroxylation is 1. The maximum atomic E-state index is 13.6. The first-order valence-corrected chi connectivity index (χ1v) is 14.6. The van der Waals surface area contributed by atoms with E-state index in [2.05, 4.69) is 25.6 Å². The molecule has 0 amide bonds. The highest BCUT2D eigenvalue weighted by Crippen LogP contribution is 2.47. The van der Waals surface area contributed by atoms with Crippen LogP contribution in [0.2, 0.25) is 0 Å². The minimum Gasteiger partial charge on any atom is -0.493 e. The van der Waals surface area contributed by atoms with Crippen LogP contribution in [0.15, 0.2) is 48.6 Å². The molecule has 0 aromatic heterocycles. The Morgan fingerprint density at radius 1 is 1.10 bits per heavy atom. The van der Waals surface area contributed by atoms with Crippen LogP contribution in [-0.4, -0.2) is 30.4 Å². The van der Waals surface area contributed by atoms with Gasteiger partial charge in [0, 0.05) is 12.7 Å². The first kappa shape index (κ1) is 29.3. The van der Waals surface area contributed by atoms with Gasteiger partial charge in [-0.2, -0.15) is 0 Å². The zero-order chi connectivity index (χ0) is 28.2. The quantitative estimate of drug-likeness (QED) is 0.293. The fourth-order valence-electron chi connectivity index (χ4n) is 6.90. The Labute approximate surface area is 233 Å². The number of carboxylic acids is 1. The van der Waals surface area contributed by atoms with E-state index in [9.17, 15) is 14.3 Å². The molecule has 39 heavy (non-hydrogen) atoms. The van der Waals surface area contributed by atoms with E-state index >= 15 is 0 Å². The molecule has 2 atom stereocenters. The van der Waals surface area contributed by atoms with Gasteiger partial charge >= 0.3 is 5.97 Å². The van der Waals surface area contributed by atoms with Crippen LogP contribution in [0.5, 0.6) is 5.75 Å². The largest absolute Gasteiger partial charge is 0.493 e. The Balaban J connectivity index is 1.46. The van der Waals surface area contributed by atoms with Crippen LogP contribution >= 0.6 is 0 Å². The van der Waals surface area contributed by atoms with E-state index < -0.39 is 11.4 Å². The maximum Gasteiger partial charge on any atom is 0.309 e. The van der Waals surface area contributed by atoms with Gasteiger partial charge in [-0.25, -0.2) is 4.39 Å². The van der Waals surface area contributed by atoms with Crippen LogP contribution in [0.25, 0.3) is 11.1 Å². The molecule has 2 aliphatic rings. The predicted molar refractivity (Wildman–Crippen MR) is 155 cm³/mol. The van der Waals surface area contributed by atoms with Gasteiger partial charge in [0.1, 0.15) is 11.6 Å². The lowest BCUT2D eigenvalue weighted by Gasteiger charge is -2.37. The number of hydrogen-bond donors (Lipinski definition) is 1. The van der Waals surface area contributed by atoms with Crippen molar-refractivity contribution in [2.24, 2.45) is 17.3 Å². The number of ether oxygens (including phenoxy) is 2. The van der Waals surface area contributed by atoms with Crippen LogP contribution < -0.4 is 4.74 Å². The molecule has 0 saturated heterocycles. The molecule has 4 nitrogen and oxygen atoms in total. The minimum absolute atomic E-state index is 0.195. The van der Waals surface area contributed by atoms with Crippen molar-refractivity contribution in [3.63, 3.8) is 0 Å². The Kier molecular flexibility index (Phi) is 9.21. The van der Waals surface area contributed by atoms with Gasteiger partial charge in [0.15, 0.2) is 0 Å². The van der Waals surface area contributed by atoms with E-state index in [1.54, 1.807) is 0 Å². The van der Waals surface area contributed by atoms with Crippen molar-refractivity contribution in [2.75, 3.05) is 13.7 Å². The molecule has 2 fully saturated rings. The van der Waals surface area contributed by atoms with E-state index in [-0.39, 0.29) is 11.4 Å². The number of halogens is 1. The second-order valence-electron chi connectivity index (χ2n) is 12.1. The number of methoxy groups -OCH3 is 1. The van der Waals surface area contributed by atoms with Crippen LogP contribution in [-0.2, 0) is 22.4 Å². The Morgan fingerprint density at radius 3 is 2.38 bits per heavy atom. The molecule has 5 heteroatoms. The molecule has 4 rings (SSSR count). The molecule has 212 valence electrons. The molecule has 0 heterocycles. The van der Waals surface area contributed by atoms with Gasteiger partial charge in [0.05, 0.1) is 17.6 Å². The van der Waals surface area contributed by atoms with Gasteiger partial charge in [-0.1, -0.05) is 37.3 Å².